The van der Waals surface area contributed by atoms with Crippen molar-refractivity contribution in [3.05, 3.63) is 59.5 Å². The molecule has 3 aromatic rings. The molecule has 1 aromatic carbocycles. The molecule has 1 unspecified atom stereocenters. The summed E-state index contributed by atoms with van der Waals surface area (Å²) in [5, 5.41) is 3.45. The second-order valence-corrected chi connectivity index (χ2v) is 6.67. The Morgan fingerprint density at radius 1 is 1.39 bits per heavy atom. The van der Waals surface area contributed by atoms with Gasteiger partial charge in [0.15, 0.2) is 0 Å². The fourth-order valence-corrected chi connectivity index (χ4v) is 2.91. The molecule has 6 heteroatoms. The number of aromatic nitrogens is 4. The largest absolute Gasteiger partial charge is 0.341 e. The van der Waals surface area contributed by atoms with Gasteiger partial charge in [0, 0.05) is 29.0 Å². The molecule has 23 heavy (non-hydrogen) atoms. The molecule has 120 valence electrons. The first kappa shape index (κ1) is 16.0. The molecule has 2 aromatic heterocycles. The lowest BCUT2D eigenvalue weighted by Crippen LogP contribution is -2.24. The molecule has 2 heterocycles. The average molecular weight is 374 g/mol. The number of nitrogens with one attached hydrogen (secondary N) is 2. The molecule has 0 aliphatic heterocycles. The molecule has 3 rings (SSSR count). The molecule has 0 radical (unpaired) electrons. The molecule has 0 saturated heterocycles. The Balaban J connectivity index is 1.49. The zero-order valence-corrected chi connectivity index (χ0v) is 14.6. The highest BCUT2D eigenvalue weighted by atomic mass is 79.9. The lowest BCUT2D eigenvalue weighted by Gasteiger charge is -2.12. The maximum absolute atomic E-state index is 4.45. The number of hydrogen-bond donors (Lipinski definition) is 2. The van der Waals surface area contributed by atoms with Crippen LogP contribution in [0.3, 0.4) is 0 Å². The van der Waals surface area contributed by atoms with E-state index < -0.39 is 0 Å². The van der Waals surface area contributed by atoms with Crippen molar-refractivity contribution >= 4 is 15.9 Å². The maximum atomic E-state index is 4.45. The summed E-state index contributed by atoms with van der Waals surface area (Å²) in [5.41, 5.74) is 2.17. The van der Waals surface area contributed by atoms with Gasteiger partial charge in [-0.3, -0.25) is 0 Å². The number of benzene rings is 1. The van der Waals surface area contributed by atoms with E-state index in [1.807, 2.05) is 37.1 Å². The van der Waals surface area contributed by atoms with Gasteiger partial charge >= 0.3 is 0 Å². The third kappa shape index (κ3) is 4.53. The highest BCUT2D eigenvalue weighted by Crippen LogP contribution is 2.21. The van der Waals surface area contributed by atoms with E-state index in [1.165, 1.54) is 0 Å². The highest BCUT2D eigenvalue weighted by Gasteiger charge is 2.06. The van der Waals surface area contributed by atoms with Crippen LogP contribution in [-0.4, -0.2) is 26.1 Å². The van der Waals surface area contributed by atoms with Gasteiger partial charge in [-0.25, -0.2) is 9.97 Å². The molecule has 0 aliphatic carbocycles. The first-order chi connectivity index (χ1) is 11.2. The summed E-state index contributed by atoms with van der Waals surface area (Å²) in [6, 6.07) is 8.19. The zero-order chi connectivity index (χ0) is 16.1. The fourth-order valence-electron chi connectivity index (χ4n) is 2.51. The molecule has 0 fully saturated rings. The van der Waals surface area contributed by atoms with Crippen molar-refractivity contribution in [3.8, 4) is 11.3 Å². The maximum Gasteiger partial charge on any atom is 0.120 e. The number of aromatic amines is 1. The smallest absolute Gasteiger partial charge is 0.120 e. The van der Waals surface area contributed by atoms with Gasteiger partial charge in [0.05, 0.1) is 24.8 Å². The number of H-pyrrole nitrogens is 1. The summed E-state index contributed by atoms with van der Waals surface area (Å²) >= 11 is 3.50. The van der Waals surface area contributed by atoms with Crippen molar-refractivity contribution in [2.75, 3.05) is 6.54 Å². The van der Waals surface area contributed by atoms with Crippen molar-refractivity contribution in [1.29, 1.82) is 0 Å². The average Bonchev–Trinajstić information content (AvgIpc) is 3.19. The van der Waals surface area contributed by atoms with Crippen LogP contribution >= 0.6 is 15.9 Å². The first-order valence-electron chi connectivity index (χ1n) is 7.67. The SMILES string of the molecule is CC(CNCc1ncc(-c2cccc(Br)c2)[nH]1)Cn1ccnc1. The Bertz CT molecular complexity index is 735. The van der Waals surface area contributed by atoms with Gasteiger partial charge in [-0.05, 0) is 24.6 Å². The lowest BCUT2D eigenvalue weighted by atomic mass is 10.2. The van der Waals surface area contributed by atoms with Gasteiger partial charge < -0.3 is 14.9 Å². The molecule has 0 aliphatic rings. The Morgan fingerprint density at radius 3 is 3.09 bits per heavy atom. The third-order valence-electron chi connectivity index (χ3n) is 3.63. The predicted molar refractivity (Wildman–Crippen MR) is 94.8 cm³/mol. The molecule has 0 amide bonds. The van der Waals surface area contributed by atoms with Crippen molar-refractivity contribution in [2.24, 2.45) is 5.92 Å². The van der Waals surface area contributed by atoms with Gasteiger partial charge in [-0.15, -0.1) is 0 Å². The monoisotopic (exact) mass is 373 g/mol. The van der Waals surface area contributed by atoms with Crippen LogP contribution in [-0.2, 0) is 13.1 Å². The summed E-state index contributed by atoms with van der Waals surface area (Å²) in [6.45, 7) is 4.86. The van der Waals surface area contributed by atoms with Gasteiger partial charge in [0.2, 0.25) is 0 Å². The standard InChI is InChI=1S/C17H20BrN5/c1-13(11-23-6-5-19-12-23)8-20-10-17-21-9-16(22-17)14-3-2-4-15(18)7-14/h2-7,9,12-13,20H,8,10-11H2,1H3,(H,21,22). The number of imidazole rings is 2. The molecule has 2 N–H and O–H groups in total. The number of rotatable bonds is 7. The summed E-state index contributed by atoms with van der Waals surface area (Å²) in [4.78, 5) is 11.9. The molecule has 0 saturated carbocycles. The third-order valence-corrected chi connectivity index (χ3v) is 4.12. The quantitative estimate of drug-likeness (QED) is 0.666. The Hall–Kier alpha value is -1.92. The fraction of sp³-hybridized carbons (Fsp3) is 0.294. The van der Waals surface area contributed by atoms with Crippen LogP contribution in [0.1, 0.15) is 12.7 Å². The minimum absolute atomic E-state index is 0.531. The minimum atomic E-state index is 0.531. The molecule has 0 bridgehead atoms. The second-order valence-electron chi connectivity index (χ2n) is 5.75. The van der Waals surface area contributed by atoms with Crippen LogP contribution in [0.4, 0.5) is 0 Å². The van der Waals surface area contributed by atoms with Crippen molar-refractivity contribution in [3.63, 3.8) is 0 Å². The van der Waals surface area contributed by atoms with Crippen LogP contribution in [0.2, 0.25) is 0 Å². The van der Waals surface area contributed by atoms with Gasteiger partial charge in [0.25, 0.3) is 0 Å². The summed E-state index contributed by atoms with van der Waals surface area (Å²) in [6.07, 6.45) is 7.54. The predicted octanol–water partition coefficient (Wildman–Crippen LogP) is 3.46. The normalized spacial score (nSPS) is 12.4. The summed E-state index contributed by atoms with van der Waals surface area (Å²) < 4.78 is 3.17. The topological polar surface area (TPSA) is 58.5 Å². The molecule has 0 spiro atoms. The Morgan fingerprint density at radius 2 is 2.30 bits per heavy atom. The van der Waals surface area contributed by atoms with Crippen molar-refractivity contribution < 1.29 is 0 Å². The molecule has 1 atom stereocenters. The number of hydrogen-bond acceptors (Lipinski definition) is 3. The van der Waals surface area contributed by atoms with Crippen LogP contribution in [0.5, 0.6) is 0 Å². The van der Waals surface area contributed by atoms with Gasteiger partial charge in [-0.2, -0.15) is 0 Å². The van der Waals surface area contributed by atoms with Crippen LogP contribution in [0.15, 0.2) is 53.7 Å². The number of halogens is 1. The van der Waals surface area contributed by atoms with E-state index >= 15 is 0 Å². The Kier molecular flexibility index (Phi) is 5.25. The van der Waals surface area contributed by atoms with Gasteiger partial charge in [0.1, 0.15) is 5.82 Å². The highest BCUT2D eigenvalue weighted by molar-refractivity contribution is 9.10. The molecular weight excluding hydrogens is 354 g/mol. The molecule has 5 nitrogen and oxygen atoms in total. The van der Waals surface area contributed by atoms with E-state index in [9.17, 15) is 0 Å². The zero-order valence-electron chi connectivity index (χ0n) is 13.0. The van der Waals surface area contributed by atoms with E-state index in [-0.39, 0.29) is 0 Å². The van der Waals surface area contributed by atoms with E-state index in [4.69, 9.17) is 0 Å². The van der Waals surface area contributed by atoms with E-state index in [1.54, 1.807) is 0 Å². The first-order valence-corrected chi connectivity index (χ1v) is 8.46. The summed E-state index contributed by atoms with van der Waals surface area (Å²) in [5.74, 6) is 1.48. The van der Waals surface area contributed by atoms with Crippen LogP contribution in [0, 0.1) is 5.92 Å². The van der Waals surface area contributed by atoms with E-state index in [0.717, 1.165) is 41.2 Å². The van der Waals surface area contributed by atoms with Crippen molar-refractivity contribution in [1.82, 2.24) is 24.8 Å². The molecular formula is C17H20BrN5. The van der Waals surface area contributed by atoms with Crippen LogP contribution in [0.25, 0.3) is 11.3 Å². The van der Waals surface area contributed by atoms with E-state index in [0.29, 0.717) is 5.92 Å². The van der Waals surface area contributed by atoms with Gasteiger partial charge in [-0.1, -0.05) is 35.0 Å². The lowest BCUT2D eigenvalue weighted by molar-refractivity contribution is 0.442. The van der Waals surface area contributed by atoms with Crippen LogP contribution < -0.4 is 5.32 Å². The van der Waals surface area contributed by atoms with Crippen molar-refractivity contribution in [2.45, 2.75) is 20.0 Å². The number of nitrogens with zero attached hydrogens (tertiary/aromatic N) is 3. The second kappa shape index (κ2) is 7.57. The minimum Gasteiger partial charge on any atom is -0.341 e. The summed E-state index contributed by atoms with van der Waals surface area (Å²) in [7, 11) is 0. The van der Waals surface area contributed by atoms with E-state index in [2.05, 4.69) is 59.8 Å². The Labute approximate surface area is 144 Å².